The van der Waals surface area contributed by atoms with E-state index in [9.17, 15) is 29.1 Å². The molecule has 230 valence electrons. The summed E-state index contributed by atoms with van der Waals surface area (Å²) >= 11 is 0. The van der Waals surface area contributed by atoms with Gasteiger partial charge >= 0.3 is 11.9 Å². The molecule has 1 heterocycles. The van der Waals surface area contributed by atoms with Crippen molar-refractivity contribution in [3.05, 3.63) is 36.0 Å². The van der Waals surface area contributed by atoms with Crippen molar-refractivity contribution in [2.24, 2.45) is 28.1 Å². The van der Waals surface area contributed by atoms with Gasteiger partial charge in [-0.3, -0.25) is 24.2 Å². The maximum absolute atomic E-state index is 13.5. The molecule has 0 fully saturated rings. The predicted molar refractivity (Wildman–Crippen MR) is 155 cm³/mol. The maximum atomic E-state index is 13.5. The van der Waals surface area contributed by atoms with E-state index in [1.807, 2.05) is 38.1 Å². The molecule has 1 aromatic heterocycles. The lowest BCUT2D eigenvalue weighted by atomic mass is 10.00. The fraction of sp³-hybridized carbons (Fsp3) is 0.481. The van der Waals surface area contributed by atoms with E-state index in [0.717, 1.165) is 10.9 Å². The van der Waals surface area contributed by atoms with Gasteiger partial charge in [0.15, 0.2) is 5.96 Å². The lowest BCUT2D eigenvalue weighted by Gasteiger charge is -2.26. The van der Waals surface area contributed by atoms with E-state index in [1.165, 1.54) is 0 Å². The Balaban J connectivity index is 2.26. The van der Waals surface area contributed by atoms with Crippen LogP contribution in [0.2, 0.25) is 0 Å². The molecule has 15 nitrogen and oxygen atoms in total. The summed E-state index contributed by atoms with van der Waals surface area (Å²) in [6.45, 7) is 3.83. The number of amides is 3. The normalized spacial score (nSPS) is 13.9. The Bertz CT molecular complexity index is 1290. The van der Waals surface area contributed by atoms with Gasteiger partial charge in [0.2, 0.25) is 17.7 Å². The minimum Gasteiger partial charge on any atom is -0.481 e. The van der Waals surface area contributed by atoms with Crippen molar-refractivity contribution >= 4 is 46.5 Å². The van der Waals surface area contributed by atoms with E-state index in [1.54, 1.807) is 6.20 Å². The number of nitrogens with two attached hydrogens (primary N) is 3. The van der Waals surface area contributed by atoms with Gasteiger partial charge in [0.1, 0.15) is 18.1 Å². The number of aliphatic imine (C=N–C) groups is 1. The molecule has 2 rings (SSSR count). The van der Waals surface area contributed by atoms with Crippen LogP contribution in [-0.4, -0.2) is 81.5 Å². The summed E-state index contributed by atoms with van der Waals surface area (Å²) in [6, 6.07) is 2.30. The fourth-order valence-electron chi connectivity index (χ4n) is 4.30. The van der Waals surface area contributed by atoms with E-state index < -0.39 is 60.2 Å². The molecular weight excluding hydrogens is 548 g/mol. The van der Waals surface area contributed by atoms with Crippen molar-refractivity contribution in [2.75, 3.05) is 6.54 Å². The van der Waals surface area contributed by atoms with Crippen LogP contribution >= 0.6 is 0 Å². The highest BCUT2D eigenvalue weighted by atomic mass is 16.4. The molecule has 1 aromatic carbocycles. The molecule has 0 saturated carbocycles. The van der Waals surface area contributed by atoms with Crippen LogP contribution in [0.25, 0.3) is 10.9 Å². The highest BCUT2D eigenvalue weighted by Gasteiger charge is 2.31. The van der Waals surface area contributed by atoms with Gasteiger partial charge in [-0.05, 0) is 36.8 Å². The summed E-state index contributed by atoms with van der Waals surface area (Å²) in [7, 11) is 0. The lowest BCUT2D eigenvalue weighted by molar-refractivity contribution is -0.142. The zero-order chi connectivity index (χ0) is 31.4. The van der Waals surface area contributed by atoms with Gasteiger partial charge in [-0.25, -0.2) is 4.79 Å². The number of carboxylic acid groups (broad SMARTS) is 2. The van der Waals surface area contributed by atoms with Crippen LogP contribution in [0.15, 0.2) is 35.5 Å². The number of aromatic nitrogens is 1. The molecule has 15 heteroatoms. The van der Waals surface area contributed by atoms with Gasteiger partial charge in [0, 0.05) is 30.1 Å². The predicted octanol–water partition coefficient (Wildman–Crippen LogP) is -0.849. The third-order valence-corrected chi connectivity index (χ3v) is 6.36. The van der Waals surface area contributed by atoms with Crippen LogP contribution in [0.1, 0.15) is 45.1 Å². The molecule has 0 aliphatic rings. The SMILES string of the molecule is CC(C)CC(NC(=O)C(Cc1c[nH]c2ccccc12)NC(=O)C(N)CC(=O)O)C(=O)NC(CCCN=C(N)N)C(=O)O. The second-order valence-electron chi connectivity index (χ2n) is 10.4. The highest BCUT2D eigenvalue weighted by molar-refractivity contribution is 5.95. The number of aliphatic carboxylic acids is 2. The molecule has 3 amide bonds. The van der Waals surface area contributed by atoms with E-state index in [4.69, 9.17) is 22.3 Å². The summed E-state index contributed by atoms with van der Waals surface area (Å²) in [5, 5.41) is 27.1. The molecule has 4 unspecified atom stereocenters. The first-order valence-electron chi connectivity index (χ1n) is 13.5. The number of hydrogen-bond donors (Lipinski definition) is 9. The van der Waals surface area contributed by atoms with Crippen molar-refractivity contribution in [1.29, 1.82) is 0 Å². The molecule has 12 N–H and O–H groups in total. The quantitative estimate of drug-likeness (QED) is 0.0627. The Morgan fingerprint density at radius 1 is 0.929 bits per heavy atom. The van der Waals surface area contributed by atoms with Crippen LogP contribution in [-0.2, 0) is 30.4 Å². The molecule has 4 atom stereocenters. The highest BCUT2D eigenvalue weighted by Crippen LogP contribution is 2.19. The number of guanidine groups is 1. The van der Waals surface area contributed by atoms with Crippen LogP contribution < -0.4 is 33.2 Å². The number of aromatic amines is 1. The van der Waals surface area contributed by atoms with Crippen molar-refractivity contribution < 1.29 is 34.2 Å². The zero-order valence-electron chi connectivity index (χ0n) is 23.6. The number of carbonyl (C=O) groups is 5. The minimum absolute atomic E-state index is 0.0000612. The first-order chi connectivity index (χ1) is 19.8. The Labute approximate surface area is 242 Å². The van der Waals surface area contributed by atoms with E-state index >= 15 is 0 Å². The first kappa shape index (κ1) is 33.5. The lowest BCUT2D eigenvalue weighted by Crippen LogP contribution is -2.58. The van der Waals surface area contributed by atoms with E-state index in [0.29, 0.717) is 5.56 Å². The number of fused-ring (bicyclic) bond motifs is 1. The third kappa shape index (κ3) is 10.7. The number of hydrogen-bond acceptors (Lipinski definition) is 7. The van der Waals surface area contributed by atoms with Crippen LogP contribution in [0.5, 0.6) is 0 Å². The fourth-order valence-corrected chi connectivity index (χ4v) is 4.30. The van der Waals surface area contributed by atoms with Crippen molar-refractivity contribution in [3.8, 4) is 0 Å². The largest absolute Gasteiger partial charge is 0.481 e. The number of nitrogens with zero attached hydrogens (tertiary/aromatic N) is 1. The Morgan fingerprint density at radius 3 is 2.17 bits per heavy atom. The number of benzene rings is 1. The first-order valence-corrected chi connectivity index (χ1v) is 13.5. The summed E-state index contributed by atoms with van der Waals surface area (Å²) < 4.78 is 0. The van der Waals surface area contributed by atoms with Crippen LogP contribution in [0.4, 0.5) is 0 Å². The van der Waals surface area contributed by atoms with Gasteiger partial charge < -0.3 is 48.3 Å². The molecular formula is C27H40N8O7. The number of rotatable bonds is 17. The van der Waals surface area contributed by atoms with Crippen molar-refractivity contribution in [3.63, 3.8) is 0 Å². The van der Waals surface area contributed by atoms with Crippen molar-refractivity contribution in [1.82, 2.24) is 20.9 Å². The Morgan fingerprint density at radius 2 is 1.55 bits per heavy atom. The molecule has 0 radical (unpaired) electrons. The summed E-state index contributed by atoms with van der Waals surface area (Å²) in [5.41, 5.74) is 17.8. The van der Waals surface area contributed by atoms with Gasteiger partial charge in [-0.2, -0.15) is 0 Å². The Hall–Kier alpha value is -4.66. The number of para-hydroxylation sites is 1. The molecule has 0 aliphatic heterocycles. The van der Waals surface area contributed by atoms with E-state index in [-0.39, 0.29) is 44.1 Å². The molecule has 0 spiro atoms. The number of nitrogens with one attached hydrogen (secondary N) is 4. The Kier molecular flexibility index (Phi) is 12.7. The summed E-state index contributed by atoms with van der Waals surface area (Å²) in [6.07, 6.45) is 1.54. The number of H-pyrrole nitrogens is 1. The van der Waals surface area contributed by atoms with Crippen LogP contribution in [0, 0.1) is 5.92 Å². The zero-order valence-corrected chi connectivity index (χ0v) is 23.6. The number of carboxylic acids is 2. The summed E-state index contributed by atoms with van der Waals surface area (Å²) in [5.74, 6) is -5.05. The molecule has 0 aliphatic carbocycles. The van der Waals surface area contributed by atoms with Gasteiger partial charge in [-0.1, -0.05) is 32.0 Å². The minimum atomic E-state index is -1.41. The van der Waals surface area contributed by atoms with Gasteiger partial charge in [0.05, 0.1) is 12.5 Å². The van der Waals surface area contributed by atoms with Gasteiger partial charge in [-0.15, -0.1) is 0 Å². The maximum Gasteiger partial charge on any atom is 0.326 e. The average Bonchev–Trinajstić information content (AvgIpc) is 3.31. The number of carbonyl (C=O) groups excluding carboxylic acids is 3. The molecule has 2 aromatic rings. The smallest absolute Gasteiger partial charge is 0.326 e. The van der Waals surface area contributed by atoms with E-state index in [2.05, 4.69) is 25.9 Å². The molecule has 42 heavy (non-hydrogen) atoms. The third-order valence-electron chi connectivity index (χ3n) is 6.36. The topological polar surface area (TPSA) is 268 Å². The molecule has 0 saturated heterocycles. The second-order valence-corrected chi connectivity index (χ2v) is 10.4. The van der Waals surface area contributed by atoms with Gasteiger partial charge in [0.25, 0.3) is 0 Å². The average molecular weight is 589 g/mol. The van der Waals surface area contributed by atoms with Crippen molar-refractivity contribution in [2.45, 2.75) is 70.1 Å². The second kappa shape index (κ2) is 16.0. The monoisotopic (exact) mass is 588 g/mol. The standard InChI is InChI=1S/C27H40N8O7/c1-14(2)10-20(24(39)33-19(26(41)42)8-5-9-31-27(29)30)35-25(40)21(34-23(38)17(28)12-22(36)37)11-15-13-32-18-7-4-3-6-16(15)18/h3-4,6-7,13-14,17,19-21,32H,5,8-12,28H2,1-2H3,(H,33,39)(H,34,38)(H,35,40)(H,36,37)(H,41,42)(H4,29,30,31). The summed E-state index contributed by atoms with van der Waals surface area (Å²) in [4.78, 5) is 69.2. The molecule has 0 bridgehead atoms. The van der Waals surface area contributed by atoms with Crippen LogP contribution in [0.3, 0.4) is 0 Å².